The van der Waals surface area contributed by atoms with Crippen molar-refractivity contribution < 1.29 is 13.6 Å². The predicted molar refractivity (Wildman–Crippen MR) is 85.0 cm³/mol. The summed E-state index contributed by atoms with van der Waals surface area (Å²) in [5.74, 6) is -2.53. The number of benzene rings is 1. The number of hydrogen-bond donors (Lipinski definition) is 1. The molecule has 0 bridgehead atoms. The number of nitrogens with one attached hydrogen (secondary N) is 1. The summed E-state index contributed by atoms with van der Waals surface area (Å²) in [5.41, 5.74) is 2.38. The van der Waals surface area contributed by atoms with Gasteiger partial charge in [-0.1, -0.05) is 6.07 Å². The van der Waals surface area contributed by atoms with Crippen LogP contribution in [0.3, 0.4) is 0 Å². The fourth-order valence-electron chi connectivity index (χ4n) is 2.26. The number of pyridine rings is 2. The summed E-state index contributed by atoms with van der Waals surface area (Å²) < 4.78 is 26.1. The van der Waals surface area contributed by atoms with Gasteiger partial charge in [-0.05, 0) is 42.0 Å². The van der Waals surface area contributed by atoms with E-state index in [0.29, 0.717) is 5.69 Å². The Labute approximate surface area is 137 Å². The summed E-state index contributed by atoms with van der Waals surface area (Å²) in [6.07, 6.45) is 5.00. The fraction of sp³-hybridized carbons (Fsp3) is 0.0556. The lowest BCUT2D eigenvalue weighted by Crippen LogP contribution is -2.23. The third-order valence-corrected chi connectivity index (χ3v) is 3.45. The molecule has 2 aromatic heterocycles. The van der Waals surface area contributed by atoms with Gasteiger partial charge in [0.25, 0.3) is 5.91 Å². The highest BCUT2D eigenvalue weighted by molar-refractivity contribution is 5.94. The maximum atomic E-state index is 13.2. The van der Waals surface area contributed by atoms with Crippen molar-refractivity contribution >= 4 is 5.91 Å². The van der Waals surface area contributed by atoms with E-state index in [0.717, 1.165) is 23.3 Å². The van der Waals surface area contributed by atoms with Gasteiger partial charge in [0.15, 0.2) is 11.6 Å². The van der Waals surface area contributed by atoms with Gasteiger partial charge in [0.05, 0.1) is 5.69 Å². The van der Waals surface area contributed by atoms with Crippen LogP contribution in [0.25, 0.3) is 11.3 Å². The van der Waals surface area contributed by atoms with E-state index >= 15 is 0 Å². The first-order valence-corrected chi connectivity index (χ1v) is 7.22. The molecule has 4 nitrogen and oxygen atoms in total. The number of hydrogen-bond acceptors (Lipinski definition) is 3. The third-order valence-electron chi connectivity index (χ3n) is 3.45. The van der Waals surface area contributed by atoms with E-state index in [1.165, 1.54) is 6.07 Å². The first-order valence-electron chi connectivity index (χ1n) is 7.22. The minimum Gasteiger partial charge on any atom is -0.348 e. The minimum atomic E-state index is -1.06. The van der Waals surface area contributed by atoms with Crippen LogP contribution in [-0.4, -0.2) is 15.9 Å². The van der Waals surface area contributed by atoms with Crippen LogP contribution in [-0.2, 0) is 6.54 Å². The van der Waals surface area contributed by atoms with Crippen LogP contribution < -0.4 is 5.32 Å². The molecule has 3 aromatic rings. The molecule has 3 rings (SSSR count). The largest absolute Gasteiger partial charge is 0.348 e. The van der Waals surface area contributed by atoms with Gasteiger partial charge in [-0.2, -0.15) is 0 Å². The second kappa shape index (κ2) is 6.95. The van der Waals surface area contributed by atoms with Crippen molar-refractivity contribution in [2.75, 3.05) is 0 Å². The Hall–Kier alpha value is -3.15. The molecule has 6 heteroatoms. The van der Waals surface area contributed by atoms with Crippen molar-refractivity contribution in [2.45, 2.75) is 6.54 Å². The molecule has 0 fully saturated rings. The quantitative estimate of drug-likeness (QED) is 0.800. The first kappa shape index (κ1) is 15.7. The van der Waals surface area contributed by atoms with E-state index < -0.39 is 17.5 Å². The maximum Gasteiger partial charge on any atom is 0.251 e. The lowest BCUT2D eigenvalue weighted by atomic mass is 10.1. The molecule has 0 saturated heterocycles. The SMILES string of the molecule is O=C(NCc1cccnc1-c1cccnc1)c1ccc(F)c(F)c1. The Bertz CT molecular complexity index is 869. The van der Waals surface area contributed by atoms with Crippen LogP contribution >= 0.6 is 0 Å². The van der Waals surface area contributed by atoms with Crippen LogP contribution in [0.5, 0.6) is 0 Å². The zero-order chi connectivity index (χ0) is 16.9. The van der Waals surface area contributed by atoms with Crippen LogP contribution in [0.4, 0.5) is 8.78 Å². The van der Waals surface area contributed by atoms with Gasteiger partial charge in [0.2, 0.25) is 0 Å². The molecule has 0 radical (unpaired) electrons. The van der Waals surface area contributed by atoms with E-state index in [1.807, 2.05) is 12.1 Å². The van der Waals surface area contributed by atoms with Crippen molar-refractivity contribution in [3.8, 4) is 11.3 Å². The van der Waals surface area contributed by atoms with E-state index in [-0.39, 0.29) is 12.1 Å². The number of carbonyl (C=O) groups excluding carboxylic acids is 1. The first-order chi connectivity index (χ1) is 11.6. The Kier molecular flexibility index (Phi) is 4.56. The predicted octanol–water partition coefficient (Wildman–Crippen LogP) is 3.35. The van der Waals surface area contributed by atoms with Gasteiger partial charge in [-0.25, -0.2) is 8.78 Å². The number of aromatic nitrogens is 2. The van der Waals surface area contributed by atoms with Gasteiger partial charge in [0, 0.05) is 36.3 Å². The van der Waals surface area contributed by atoms with Crippen molar-refractivity contribution in [3.05, 3.63) is 83.8 Å². The van der Waals surface area contributed by atoms with Crippen LogP contribution in [0.1, 0.15) is 15.9 Å². The standard InChI is InChI=1S/C18H13F2N3O/c19-15-6-5-12(9-16(15)20)18(24)23-11-14-4-2-8-22-17(14)13-3-1-7-21-10-13/h1-10H,11H2,(H,23,24). The molecular weight excluding hydrogens is 312 g/mol. The molecule has 24 heavy (non-hydrogen) atoms. The van der Waals surface area contributed by atoms with E-state index in [9.17, 15) is 13.6 Å². The molecular formula is C18H13F2N3O. The lowest BCUT2D eigenvalue weighted by molar-refractivity contribution is 0.0950. The second-order valence-corrected chi connectivity index (χ2v) is 5.06. The molecule has 0 aliphatic rings. The number of rotatable bonds is 4. The molecule has 0 atom stereocenters. The number of nitrogens with zero attached hydrogens (tertiary/aromatic N) is 2. The molecule has 0 aliphatic heterocycles. The number of carbonyl (C=O) groups is 1. The molecule has 0 saturated carbocycles. The van der Waals surface area contributed by atoms with E-state index in [4.69, 9.17) is 0 Å². The summed E-state index contributed by atoms with van der Waals surface area (Å²) in [4.78, 5) is 20.5. The Balaban J connectivity index is 1.77. The summed E-state index contributed by atoms with van der Waals surface area (Å²) in [5, 5.41) is 2.68. The van der Waals surface area contributed by atoms with Crippen molar-refractivity contribution in [1.29, 1.82) is 0 Å². The van der Waals surface area contributed by atoms with Gasteiger partial charge in [0.1, 0.15) is 0 Å². The summed E-state index contributed by atoms with van der Waals surface area (Å²) in [6, 6.07) is 10.3. The highest BCUT2D eigenvalue weighted by atomic mass is 19.2. The molecule has 120 valence electrons. The minimum absolute atomic E-state index is 0.0562. The highest BCUT2D eigenvalue weighted by Crippen LogP contribution is 2.20. The zero-order valence-corrected chi connectivity index (χ0v) is 12.5. The van der Waals surface area contributed by atoms with Crippen molar-refractivity contribution in [2.24, 2.45) is 0 Å². The van der Waals surface area contributed by atoms with Crippen LogP contribution in [0, 0.1) is 11.6 Å². The van der Waals surface area contributed by atoms with Crippen LogP contribution in [0.15, 0.2) is 61.1 Å². The summed E-state index contributed by atoms with van der Waals surface area (Å²) >= 11 is 0. The fourth-order valence-corrected chi connectivity index (χ4v) is 2.26. The van der Waals surface area contributed by atoms with Crippen molar-refractivity contribution in [1.82, 2.24) is 15.3 Å². The molecule has 1 amide bonds. The summed E-state index contributed by atoms with van der Waals surface area (Å²) in [7, 11) is 0. The van der Waals surface area contributed by atoms with Gasteiger partial charge in [-0.3, -0.25) is 14.8 Å². The zero-order valence-electron chi connectivity index (χ0n) is 12.5. The normalized spacial score (nSPS) is 10.4. The van der Waals surface area contributed by atoms with E-state index in [1.54, 1.807) is 30.7 Å². The highest BCUT2D eigenvalue weighted by Gasteiger charge is 2.11. The van der Waals surface area contributed by atoms with Gasteiger partial charge in [-0.15, -0.1) is 0 Å². The average molecular weight is 325 g/mol. The molecule has 2 heterocycles. The Morgan fingerprint density at radius 2 is 1.88 bits per heavy atom. The molecule has 0 spiro atoms. The monoisotopic (exact) mass is 325 g/mol. The lowest BCUT2D eigenvalue weighted by Gasteiger charge is -2.10. The molecule has 1 aromatic carbocycles. The molecule has 0 aliphatic carbocycles. The topological polar surface area (TPSA) is 54.9 Å². The third kappa shape index (κ3) is 3.43. The number of halogens is 2. The van der Waals surface area contributed by atoms with Gasteiger partial charge >= 0.3 is 0 Å². The Morgan fingerprint density at radius 1 is 1.04 bits per heavy atom. The second-order valence-electron chi connectivity index (χ2n) is 5.06. The molecule has 1 N–H and O–H groups in total. The van der Waals surface area contributed by atoms with Crippen LogP contribution in [0.2, 0.25) is 0 Å². The number of amides is 1. The smallest absolute Gasteiger partial charge is 0.251 e. The maximum absolute atomic E-state index is 13.2. The Morgan fingerprint density at radius 3 is 2.62 bits per heavy atom. The van der Waals surface area contributed by atoms with Gasteiger partial charge < -0.3 is 5.32 Å². The average Bonchev–Trinajstić information content (AvgIpc) is 2.63. The van der Waals surface area contributed by atoms with E-state index in [2.05, 4.69) is 15.3 Å². The summed E-state index contributed by atoms with van der Waals surface area (Å²) in [6.45, 7) is 0.204. The molecule has 0 unspecified atom stereocenters. The van der Waals surface area contributed by atoms with Crippen molar-refractivity contribution in [3.63, 3.8) is 0 Å².